The molecule has 2 aromatic rings. The van der Waals surface area contributed by atoms with Gasteiger partial charge in [-0.3, -0.25) is 0 Å². The first-order valence-corrected chi connectivity index (χ1v) is 7.19. The van der Waals surface area contributed by atoms with Gasteiger partial charge in [-0.05, 0) is 63.0 Å². The number of ether oxygens (including phenoxy) is 1. The van der Waals surface area contributed by atoms with Crippen LogP contribution in [0.2, 0.25) is 0 Å². The van der Waals surface area contributed by atoms with Gasteiger partial charge in [0.1, 0.15) is 5.75 Å². The van der Waals surface area contributed by atoms with Gasteiger partial charge in [0.15, 0.2) is 0 Å². The number of halogens is 3. The standard InChI is InChI=1S/C12H8Br3NO/c1-7-4-9(14)6-16-12(7)17-11-3-2-8(13)5-10(11)15/h2-6H,1H3. The number of aryl methyl sites for hydroxylation is 1. The zero-order valence-corrected chi connectivity index (χ0v) is 13.6. The number of hydrogen-bond acceptors (Lipinski definition) is 2. The van der Waals surface area contributed by atoms with E-state index in [4.69, 9.17) is 4.74 Å². The van der Waals surface area contributed by atoms with E-state index in [0.717, 1.165) is 24.7 Å². The molecule has 17 heavy (non-hydrogen) atoms. The van der Waals surface area contributed by atoms with Crippen LogP contribution in [0.25, 0.3) is 0 Å². The van der Waals surface area contributed by atoms with Crippen LogP contribution in [0.4, 0.5) is 0 Å². The molecule has 0 saturated carbocycles. The molecular formula is C12H8Br3NO. The van der Waals surface area contributed by atoms with Crippen LogP contribution in [0.15, 0.2) is 43.9 Å². The maximum atomic E-state index is 5.75. The van der Waals surface area contributed by atoms with E-state index in [0.29, 0.717) is 5.88 Å². The van der Waals surface area contributed by atoms with Crippen molar-refractivity contribution in [3.05, 3.63) is 49.4 Å². The maximum Gasteiger partial charge on any atom is 0.222 e. The third-order valence-electron chi connectivity index (χ3n) is 2.10. The molecule has 0 saturated heterocycles. The zero-order chi connectivity index (χ0) is 12.4. The van der Waals surface area contributed by atoms with E-state index in [1.165, 1.54) is 0 Å². The van der Waals surface area contributed by atoms with Crippen molar-refractivity contribution >= 4 is 47.8 Å². The average Bonchev–Trinajstić information content (AvgIpc) is 2.25. The van der Waals surface area contributed by atoms with Crippen LogP contribution < -0.4 is 4.74 Å². The number of benzene rings is 1. The Balaban J connectivity index is 2.31. The lowest BCUT2D eigenvalue weighted by Gasteiger charge is -2.09. The predicted molar refractivity (Wildman–Crippen MR) is 78.6 cm³/mol. The summed E-state index contributed by atoms with van der Waals surface area (Å²) in [4.78, 5) is 4.23. The molecule has 0 atom stereocenters. The van der Waals surface area contributed by atoms with Gasteiger partial charge in [-0.2, -0.15) is 0 Å². The first-order valence-electron chi connectivity index (χ1n) is 4.81. The van der Waals surface area contributed by atoms with Crippen molar-refractivity contribution in [1.82, 2.24) is 4.98 Å². The van der Waals surface area contributed by atoms with Crippen LogP contribution >= 0.6 is 47.8 Å². The van der Waals surface area contributed by atoms with Gasteiger partial charge in [-0.25, -0.2) is 4.98 Å². The second-order valence-corrected chi connectivity index (χ2v) is 6.14. The smallest absolute Gasteiger partial charge is 0.222 e. The highest BCUT2D eigenvalue weighted by Gasteiger charge is 2.07. The van der Waals surface area contributed by atoms with Gasteiger partial charge in [-0.15, -0.1) is 0 Å². The molecule has 2 nitrogen and oxygen atoms in total. The summed E-state index contributed by atoms with van der Waals surface area (Å²) in [5, 5.41) is 0. The third kappa shape index (κ3) is 3.30. The fourth-order valence-electron chi connectivity index (χ4n) is 1.30. The van der Waals surface area contributed by atoms with Crippen LogP contribution in [0.5, 0.6) is 11.6 Å². The summed E-state index contributed by atoms with van der Waals surface area (Å²) in [6.07, 6.45) is 1.72. The van der Waals surface area contributed by atoms with Gasteiger partial charge in [0.05, 0.1) is 4.47 Å². The Hall–Kier alpha value is -0.390. The SMILES string of the molecule is Cc1cc(Br)cnc1Oc1ccc(Br)cc1Br. The van der Waals surface area contributed by atoms with E-state index in [-0.39, 0.29) is 0 Å². The molecule has 0 aliphatic carbocycles. The van der Waals surface area contributed by atoms with Crippen molar-refractivity contribution in [2.45, 2.75) is 6.92 Å². The number of pyridine rings is 1. The molecule has 0 amide bonds. The minimum atomic E-state index is 0.608. The number of aromatic nitrogens is 1. The van der Waals surface area contributed by atoms with Crippen molar-refractivity contribution in [1.29, 1.82) is 0 Å². The number of nitrogens with zero attached hydrogens (tertiary/aromatic N) is 1. The quantitative estimate of drug-likeness (QED) is 0.641. The molecule has 88 valence electrons. The molecule has 5 heteroatoms. The number of rotatable bonds is 2. The minimum absolute atomic E-state index is 0.608. The summed E-state index contributed by atoms with van der Waals surface area (Å²) < 4.78 is 8.57. The molecule has 1 heterocycles. The first kappa shape index (κ1) is 13.1. The van der Waals surface area contributed by atoms with E-state index in [1.54, 1.807) is 6.20 Å². The highest BCUT2D eigenvalue weighted by molar-refractivity contribution is 9.11. The molecule has 0 fully saturated rings. The van der Waals surface area contributed by atoms with Gasteiger partial charge < -0.3 is 4.74 Å². The third-order valence-corrected chi connectivity index (χ3v) is 3.64. The molecule has 0 bridgehead atoms. The molecule has 0 aliphatic rings. The second-order valence-electron chi connectivity index (χ2n) is 3.45. The highest BCUT2D eigenvalue weighted by Crippen LogP contribution is 2.32. The molecule has 2 rings (SSSR count). The first-order chi connectivity index (χ1) is 8.06. The van der Waals surface area contributed by atoms with Crippen molar-refractivity contribution < 1.29 is 4.74 Å². The van der Waals surface area contributed by atoms with Crippen LogP contribution in [0.1, 0.15) is 5.56 Å². The Morgan fingerprint density at radius 3 is 2.47 bits per heavy atom. The topological polar surface area (TPSA) is 22.1 Å². The van der Waals surface area contributed by atoms with Gasteiger partial charge >= 0.3 is 0 Å². The molecule has 0 aliphatic heterocycles. The lowest BCUT2D eigenvalue weighted by Crippen LogP contribution is -1.91. The number of hydrogen-bond donors (Lipinski definition) is 0. The fourth-order valence-corrected chi connectivity index (χ4v) is 2.87. The van der Waals surface area contributed by atoms with Gasteiger partial charge in [-0.1, -0.05) is 15.9 Å². The van der Waals surface area contributed by atoms with Crippen LogP contribution in [0, 0.1) is 6.92 Å². The second kappa shape index (κ2) is 5.50. The Kier molecular flexibility index (Phi) is 4.22. The lowest BCUT2D eigenvalue weighted by atomic mass is 10.3. The molecule has 1 aromatic carbocycles. The van der Waals surface area contributed by atoms with E-state index in [9.17, 15) is 0 Å². The molecule has 1 aromatic heterocycles. The van der Waals surface area contributed by atoms with Crippen molar-refractivity contribution in [3.8, 4) is 11.6 Å². The summed E-state index contributed by atoms with van der Waals surface area (Å²) in [5.41, 5.74) is 0.981. The van der Waals surface area contributed by atoms with Crippen LogP contribution in [-0.2, 0) is 0 Å². The average molecular weight is 422 g/mol. The minimum Gasteiger partial charge on any atom is -0.438 e. The van der Waals surface area contributed by atoms with Crippen LogP contribution in [0.3, 0.4) is 0 Å². The Morgan fingerprint density at radius 2 is 1.82 bits per heavy atom. The molecule has 0 unspecified atom stereocenters. The van der Waals surface area contributed by atoms with Gasteiger partial charge in [0.2, 0.25) is 5.88 Å². The highest BCUT2D eigenvalue weighted by atomic mass is 79.9. The largest absolute Gasteiger partial charge is 0.438 e. The Morgan fingerprint density at radius 1 is 1.06 bits per heavy atom. The van der Waals surface area contributed by atoms with E-state index in [2.05, 4.69) is 52.8 Å². The molecule has 0 N–H and O–H groups in total. The van der Waals surface area contributed by atoms with Crippen LogP contribution in [-0.4, -0.2) is 4.98 Å². The van der Waals surface area contributed by atoms with Crippen molar-refractivity contribution in [2.24, 2.45) is 0 Å². The Bertz CT molecular complexity index is 508. The lowest BCUT2D eigenvalue weighted by molar-refractivity contribution is 0.456. The van der Waals surface area contributed by atoms with Gasteiger partial charge in [0, 0.05) is 20.7 Å². The van der Waals surface area contributed by atoms with Crippen molar-refractivity contribution in [3.63, 3.8) is 0 Å². The summed E-state index contributed by atoms with van der Waals surface area (Å²) in [7, 11) is 0. The maximum absolute atomic E-state index is 5.75. The summed E-state index contributed by atoms with van der Waals surface area (Å²) >= 11 is 10.2. The zero-order valence-electron chi connectivity index (χ0n) is 8.88. The van der Waals surface area contributed by atoms with E-state index in [1.807, 2.05) is 31.2 Å². The molecule has 0 spiro atoms. The monoisotopic (exact) mass is 419 g/mol. The van der Waals surface area contributed by atoms with Crippen molar-refractivity contribution in [2.75, 3.05) is 0 Å². The Labute approximate surface area is 125 Å². The van der Waals surface area contributed by atoms with E-state index < -0.39 is 0 Å². The normalized spacial score (nSPS) is 10.4. The van der Waals surface area contributed by atoms with Gasteiger partial charge in [0.25, 0.3) is 0 Å². The summed E-state index contributed by atoms with van der Waals surface area (Å²) in [6, 6.07) is 7.71. The van der Waals surface area contributed by atoms with E-state index >= 15 is 0 Å². The fraction of sp³-hybridized carbons (Fsp3) is 0.0833. The molecule has 0 radical (unpaired) electrons. The molecular weight excluding hydrogens is 414 g/mol. The summed E-state index contributed by atoms with van der Waals surface area (Å²) in [5.74, 6) is 1.35. The predicted octanol–water partition coefficient (Wildman–Crippen LogP) is 5.47. The summed E-state index contributed by atoms with van der Waals surface area (Å²) in [6.45, 7) is 1.96.